The highest BCUT2D eigenvalue weighted by atomic mass is 19.1. The van der Waals surface area contributed by atoms with E-state index in [0.717, 1.165) is 11.1 Å². The maximum atomic E-state index is 13.8. The number of halogens is 1. The molecule has 0 saturated heterocycles. The Balaban J connectivity index is 1.56. The van der Waals surface area contributed by atoms with Crippen molar-refractivity contribution < 1.29 is 18.4 Å². The molecule has 0 aliphatic rings. The van der Waals surface area contributed by atoms with E-state index < -0.39 is 11.8 Å². The third-order valence-corrected chi connectivity index (χ3v) is 3.76. The maximum Gasteiger partial charge on any atom is 0.319 e. The van der Waals surface area contributed by atoms with Crippen molar-refractivity contribution in [3.63, 3.8) is 0 Å². The Morgan fingerprint density at radius 1 is 1.04 bits per heavy atom. The topological polar surface area (TPSA) is 83.4 Å². The third-order valence-electron chi connectivity index (χ3n) is 3.76. The van der Waals surface area contributed by atoms with E-state index in [2.05, 4.69) is 16.0 Å². The largest absolute Gasteiger partial charge is 0.459 e. The second kappa shape index (κ2) is 8.18. The van der Waals surface area contributed by atoms with Crippen LogP contribution in [0.1, 0.15) is 21.7 Å². The first kappa shape index (κ1) is 18.2. The molecule has 1 aromatic heterocycles. The first-order valence-corrected chi connectivity index (χ1v) is 8.26. The Morgan fingerprint density at radius 3 is 2.63 bits per heavy atom. The predicted molar refractivity (Wildman–Crippen MR) is 100 cm³/mol. The molecule has 0 spiro atoms. The fourth-order valence-corrected chi connectivity index (χ4v) is 2.43. The molecule has 7 heteroatoms. The maximum absolute atomic E-state index is 13.8. The number of carbonyl (C=O) groups excluding carboxylic acids is 2. The lowest BCUT2D eigenvalue weighted by molar-refractivity contribution is 0.0996. The summed E-state index contributed by atoms with van der Waals surface area (Å²) in [4.78, 5) is 24.0. The molecule has 27 heavy (non-hydrogen) atoms. The van der Waals surface area contributed by atoms with Crippen molar-refractivity contribution in [2.45, 2.75) is 13.5 Å². The average Bonchev–Trinajstić information content (AvgIpc) is 3.18. The van der Waals surface area contributed by atoms with Crippen molar-refractivity contribution in [2.24, 2.45) is 0 Å². The van der Waals surface area contributed by atoms with Gasteiger partial charge in [-0.1, -0.05) is 18.2 Å². The highest BCUT2D eigenvalue weighted by Gasteiger charge is 2.10. The van der Waals surface area contributed by atoms with Gasteiger partial charge in [-0.2, -0.15) is 0 Å². The molecule has 0 saturated carbocycles. The molecule has 1 heterocycles. The van der Waals surface area contributed by atoms with Gasteiger partial charge in [0.15, 0.2) is 5.76 Å². The second-order valence-electron chi connectivity index (χ2n) is 5.92. The molecular weight excluding hydrogens is 349 g/mol. The van der Waals surface area contributed by atoms with Crippen LogP contribution >= 0.6 is 0 Å². The van der Waals surface area contributed by atoms with E-state index in [0.29, 0.717) is 5.69 Å². The molecule has 3 N–H and O–H groups in total. The van der Waals surface area contributed by atoms with Crippen LogP contribution in [0.25, 0.3) is 0 Å². The van der Waals surface area contributed by atoms with Crippen molar-refractivity contribution in [3.05, 3.63) is 83.6 Å². The smallest absolute Gasteiger partial charge is 0.319 e. The van der Waals surface area contributed by atoms with E-state index in [-0.39, 0.29) is 23.9 Å². The SMILES string of the molecule is Cc1ccc(NC(=O)NCc2cccc(NC(=O)c3ccco3)c2)c(F)c1. The molecule has 0 aliphatic heterocycles. The van der Waals surface area contributed by atoms with E-state index in [1.165, 1.54) is 18.4 Å². The zero-order chi connectivity index (χ0) is 19.2. The summed E-state index contributed by atoms with van der Waals surface area (Å²) in [5.74, 6) is -0.650. The standard InChI is InChI=1S/C20H18FN3O3/c1-13-7-8-17(16(21)10-13)24-20(26)22-12-14-4-2-5-15(11-14)23-19(25)18-6-3-9-27-18/h2-11H,12H2,1H3,(H,23,25)(H2,22,24,26). The highest BCUT2D eigenvalue weighted by molar-refractivity contribution is 6.02. The summed E-state index contributed by atoms with van der Waals surface area (Å²) in [6.07, 6.45) is 1.42. The number of benzene rings is 2. The van der Waals surface area contributed by atoms with Gasteiger partial charge in [-0.15, -0.1) is 0 Å². The van der Waals surface area contributed by atoms with Crippen molar-refractivity contribution in [2.75, 3.05) is 10.6 Å². The molecule has 0 fully saturated rings. The molecule has 0 bridgehead atoms. The zero-order valence-corrected chi connectivity index (χ0v) is 14.6. The van der Waals surface area contributed by atoms with Gasteiger partial charge in [0.25, 0.3) is 5.91 Å². The third kappa shape index (κ3) is 4.94. The van der Waals surface area contributed by atoms with Crippen LogP contribution in [-0.2, 0) is 6.54 Å². The Kier molecular flexibility index (Phi) is 5.51. The number of urea groups is 1. The van der Waals surface area contributed by atoms with Crippen LogP contribution in [0.5, 0.6) is 0 Å². The minimum absolute atomic E-state index is 0.109. The number of carbonyl (C=O) groups is 2. The molecule has 6 nitrogen and oxygen atoms in total. The molecular formula is C20H18FN3O3. The predicted octanol–water partition coefficient (Wildman–Crippen LogP) is 4.30. The van der Waals surface area contributed by atoms with E-state index in [1.807, 2.05) is 0 Å². The molecule has 3 aromatic rings. The molecule has 0 atom stereocenters. The van der Waals surface area contributed by atoms with Gasteiger partial charge in [0.1, 0.15) is 5.82 Å². The lowest BCUT2D eigenvalue weighted by Gasteiger charge is -2.10. The summed E-state index contributed by atoms with van der Waals surface area (Å²) in [6.45, 7) is 1.98. The first-order valence-electron chi connectivity index (χ1n) is 8.26. The Labute approximate surface area is 155 Å². The van der Waals surface area contributed by atoms with Gasteiger partial charge in [0.2, 0.25) is 0 Å². The van der Waals surface area contributed by atoms with Gasteiger partial charge in [0.05, 0.1) is 12.0 Å². The zero-order valence-electron chi connectivity index (χ0n) is 14.6. The quantitative estimate of drug-likeness (QED) is 0.629. The van der Waals surface area contributed by atoms with Crippen LogP contribution in [0.2, 0.25) is 0 Å². The summed E-state index contributed by atoms with van der Waals surface area (Å²) in [7, 11) is 0. The fraction of sp³-hybridized carbons (Fsp3) is 0.100. The summed E-state index contributed by atoms with van der Waals surface area (Å²) in [5, 5.41) is 7.83. The second-order valence-corrected chi connectivity index (χ2v) is 5.92. The molecule has 3 rings (SSSR count). The van der Waals surface area contributed by atoms with Gasteiger partial charge in [-0.25, -0.2) is 9.18 Å². The molecule has 0 unspecified atom stereocenters. The van der Waals surface area contributed by atoms with Crippen LogP contribution in [0.4, 0.5) is 20.6 Å². The monoisotopic (exact) mass is 367 g/mol. The summed E-state index contributed by atoms with van der Waals surface area (Å²) in [5.41, 5.74) is 2.22. The molecule has 0 aliphatic carbocycles. The number of nitrogens with one attached hydrogen (secondary N) is 3. The van der Waals surface area contributed by atoms with E-state index in [1.54, 1.807) is 49.4 Å². The Bertz CT molecular complexity index is 955. The number of anilines is 2. The summed E-state index contributed by atoms with van der Waals surface area (Å²) < 4.78 is 18.8. The molecule has 3 amide bonds. The lowest BCUT2D eigenvalue weighted by Crippen LogP contribution is -2.28. The van der Waals surface area contributed by atoms with Gasteiger partial charge in [0, 0.05) is 12.2 Å². The lowest BCUT2D eigenvalue weighted by atomic mass is 10.2. The van der Waals surface area contributed by atoms with E-state index in [4.69, 9.17) is 4.42 Å². The van der Waals surface area contributed by atoms with Crippen LogP contribution in [0, 0.1) is 12.7 Å². The number of furan rings is 1. The number of hydrogen-bond acceptors (Lipinski definition) is 3. The number of hydrogen-bond donors (Lipinski definition) is 3. The first-order chi connectivity index (χ1) is 13.0. The molecule has 2 aromatic carbocycles. The van der Waals surface area contributed by atoms with Crippen LogP contribution < -0.4 is 16.0 Å². The number of rotatable bonds is 5. The van der Waals surface area contributed by atoms with E-state index in [9.17, 15) is 14.0 Å². The van der Waals surface area contributed by atoms with E-state index >= 15 is 0 Å². The van der Waals surface area contributed by atoms with Gasteiger partial charge < -0.3 is 20.4 Å². The van der Waals surface area contributed by atoms with Gasteiger partial charge >= 0.3 is 6.03 Å². The van der Waals surface area contributed by atoms with Crippen LogP contribution in [0.3, 0.4) is 0 Å². The highest BCUT2D eigenvalue weighted by Crippen LogP contribution is 2.15. The Morgan fingerprint density at radius 2 is 1.89 bits per heavy atom. The fourth-order valence-electron chi connectivity index (χ4n) is 2.43. The van der Waals surface area contributed by atoms with Crippen molar-refractivity contribution in [1.29, 1.82) is 0 Å². The number of aryl methyl sites for hydroxylation is 1. The van der Waals surface area contributed by atoms with Crippen LogP contribution in [-0.4, -0.2) is 11.9 Å². The van der Waals surface area contributed by atoms with Crippen molar-refractivity contribution in [3.8, 4) is 0 Å². The normalized spacial score (nSPS) is 10.3. The van der Waals surface area contributed by atoms with Crippen LogP contribution in [0.15, 0.2) is 65.3 Å². The Hall–Kier alpha value is -3.61. The minimum Gasteiger partial charge on any atom is -0.459 e. The number of amides is 3. The van der Waals surface area contributed by atoms with Gasteiger partial charge in [-0.3, -0.25) is 4.79 Å². The minimum atomic E-state index is -0.525. The summed E-state index contributed by atoms with van der Waals surface area (Å²) in [6, 6.07) is 14.3. The molecule has 138 valence electrons. The van der Waals surface area contributed by atoms with Crippen molar-refractivity contribution >= 4 is 23.3 Å². The van der Waals surface area contributed by atoms with Crippen molar-refractivity contribution in [1.82, 2.24) is 5.32 Å². The summed E-state index contributed by atoms with van der Waals surface area (Å²) >= 11 is 0. The molecule has 0 radical (unpaired) electrons. The van der Waals surface area contributed by atoms with Gasteiger partial charge in [-0.05, 0) is 54.4 Å². The average molecular weight is 367 g/mol.